The molecule has 4 rings (SSSR count). The van der Waals surface area contributed by atoms with Crippen molar-refractivity contribution in [2.75, 3.05) is 0 Å². The second-order valence-electron chi connectivity index (χ2n) is 8.98. The highest BCUT2D eigenvalue weighted by atomic mass is 14.3. The Labute approximate surface area is 182 Å². The van der Waals surface area contributed by atoms with E-state index < -0.39 is 0 Å². The van der Waals surface area contributed by atoms with Gasteiger partial charge in [0.05, 0.1) is 0 Å². The molecule has 0 bridgehead atoms. The second-order valence-corrected chi connectivity index (χ2v) is 8.98. The lowest BCUT2D eigenvalue weighted by molar-refractivity contribution is 0.349. The summed E-state index contributed by atoms with van der Waals surface area (Å²) >= 11 is 0. The molecule has 0 unspecified atom stereocenters. The van der Waals surface area contributed by atoms with Crippen molar-refractivity contribution in [2.45, 2.75) is 77.6 Å². The number of rotatable bonds is 9. The van der Waals surface area contributed by atoms with Gasteiger partial charge in [0.15, 0.2) is 0 Å². The lowest BCUT2D eigenvalue weighted by Crippen LogP contribution is -2.24. The monoisotopic (exact) mass is 394 g/mol. The van der Waals surface area contributed by atoms with Gasteiger partial charge in [-0.15, -0.1) is 6.42 Å². The van der Waals surface area contributed by atoms with E-state index in [0.717, 1.165) is 5.56 Å². The van der Waals surface area contributed by atoms with Crippen LogP contribution in [-0.2, 0) is 5.41 Å². The van der Waals surface area contributed by atoms with E-state index >= 15 is 0 Å². The Kier molecular flexibility index (Phi) is 6.01. The van der Waals surface area contributed by atoms with Gasteiger partial charge >= 0.3 is 0 Å². The van der Waals surface area contributed by atoms with E-state index in [1.807, 2.05) is 0 Å². The van der Waals surface area contributed by atoms with Crippen molar-refractivity contribution >= 4 is 32.3 Å². The summed E-state index contributed by atoms with van der Waals surface area (Å²) in [4.78, 5) is 0. The quantitative estimate of drug-likeness (QED) is 0.151. The lowest BCUT2D eigenvalue weighted by Gasteiger charge is -2.33. The molecule has 4 aromatic rings. The summed E-state index contributed by atoms with van der Waals surface area (Å²) in [5, 5.41) is 7.89. The molecule has 0 saturated carbocycles. The largest absolute Gasteiger partial charge is 0.115 e. The molecule has 0 aliphatic heterocycles. The molecule has 0 fully saturated rings. The van der Waals surface area contributed by atoms with Crippen molar-refractivity contribution in [3.05, 3.63) is 59.7 Å². The van der Waals surface area contributed by atoms with Gasteiger partial charge in [-0.05, 0) is 68.6 Å². The molecule has 0 aromatic heterocycles. The van der Waals surface area contributed by atoms with Crippen LogP contribution < -0.4 is 0 Å². The molecule has 0 spiro atoms. The minimum absolute atomic E-state index is 0.278. The first-order chi connectivity index (χ1) is 14.7. The highest BCUT2D eigenvalue weighted by molar-refractivity contribution is 6.24. The molecule has 0 N–H and O–H groups in total. The summed E-state index contributed by atoms with van der Waals surface area (Å²) < 4.78 is 0. The maximum absolute atomic E-state index is 5.79. The van der Waals surface area contributed by atoms with Crippen LogP contribution in [0.1, 0.15) is 83.3 Å². The fourth-order valence-electron chi connectivity index (χ4n) is 5.47. The third-order valence-corrected chi connectivity index (χ3v) is 7.48. The minimum atomic E-state index is 0.278. The van der Waals surface area contributed by atoms with E-state index in [1.165, 1.54) is 89.2 Å². The smallest absolute Gasteiger partial charge is 0.0321 e. The summed E-state index contributed by atoms with van der Waals surface area (Å²) in [5.74, 6) is 2.87. The molecule has 0 nitrogen and oxygen atoms in total. The highest BCUT2D eigenvalue weighted by Gasteiger charge is 2.28. The molecule has 154 valence electrons. The third-order valence-electron chi connectivity index (χ3n) is 7.48. The van der Waals surface area contributed by atoms with Crippen LogP contribution in [0.3, 0.4) is 0 Å². The van der Waals surface area contributed by atoms with Gasteiger partial charge in [0, 0.05) is 5.56 Å². The van der Waals surface area contributed by atoms with Crippen molar-refractivity contribution < 1.29 is 0 Å². The second kappa shape index (κ2) is 8.69. The molecule has 0 heteroatoms. The maximum atomic E-state index is 5.79. The summed E-state index contributed by atoms with van der Waals surface area (Å²) in [7, 11) is 0. The molecule has 0 saturated heterocycles. The topological polar surface area (TPSA) is 0 Å². The molecule has 0 amide bonds. The predicted molar refractivity (Wildman–Crippen MR) is 134 cm³/mol. The lowest BCUT2D eigenvalue weighted by atomic mass is 9.71. The van der Waals surface area contributed by atoms with Crippen molar-refractivity contribution in [3.63, 3.8) is 0 Å². The Balaban J connectivity index is 1.82. The Bertz CT molecular complexity index is 1160. The standard InChI is InChI=1S/C30H34/c1-5-9-10-11-12-19-30(7-3,8-4)26-20-24-16-15-23-14-13-22(6-2)27-18-17-25(21-26)28(24)29(23)27/h2,13-18,20-21H,5,7-12,19H2,1,3-4H3. The van der Waals surface area contributed by atoms with Gasteiger partial charge in [0.25, 0.3) is 0 Å². The van der Waals surface area contributed by atoms with Crippen LogP contribution in [0, 0.1) is 12.3 Å². The summed E-state index contributed by atoms with van der Waals surface area (Å²) in [5.41, 5.74) is 2.79. The number of benzene rings is 4. The average Bonchev–Trinajstić information content (AvgIpc) is 2.79. The number of terminal acetylenes is 1. The first-order valence-electron chi connectivity index (χ1n) is 11.9. The van der Waals surface area contributed by atoms with Gasteiger partial charge in [0.1, 0.15) is 0 Å². The van der Waals surface area contributed by atoms with Gasteiger partial charge in [-0.1, -0.05) is 101 Å². The molecule has 30 heavy (non-hydrogen) atoms. The predicted octanol–water partition coefficient (Wildman–Crippen LogP) is 8.98. The zero-order valence-corrected chi connectivity index (χ0v) is 18.9. The Morgan fingerprint density at radius 3 is 2.03 bits per heavy atom. The third kappa shape index (κ3) is 3.45. The Hall–Kier alpha value is -2.52. The zero-order valence-electron chi connectivity index (χ0n) is 18.9. The van der Waals surface area contributed by atoms with E-state index in [-0.39, 0.29) is 5.41 Å². The molecule has 0 aliphatic carbocycles. The van der Waals surface area contributed by atoms with Crippen LogP contribution in [0.5, 0.6) is 0 Å². The Morgan fingerprint density at radius 2 is 1.37 bits per heavy atom. The normalized spacial score (nSPS) is 12.2. The average molecular weight is 395 g/mol. The van der Waals surface area contributed by atoms with E-state index in [4.69, 9.17) is 6.42 Å². The molecule has 0 aliphatic rings. The van der Waals surface area contributed by atoms with Crippen LogP contribution in [0.2, 0.25) is 0 Å². The zero-order chi connectivity index (χ0) is 21.1. The molecule has 4 aromatic carbocycles. The summed E-state index contributed by atoms with van der Waals surface area (Å²) in [6.45, 7) is 7.04. The fraction of sp³-hybridized carbons (Fsp3) is 0.400. The van der Waals surface area contributed by atoms with Crippen LogP contribution in [0.15, 0.2) is 48.5 Å². The molecule has 0 atom stereocenters. The molecular formula is C30H34. The van der Waals surface area contributed by atoms with Gasteiger partial charge in [0.2, 0.25) is 0 Å². The van der Waals surface area contributed by atoms with Crippen molar-refractivity contribution in [2.24, 2.45) is 0 Å². The van der Waals surface area contributed by atoms with Crippen LogP contribution in [-0.4, -0.2) is 0 Å². The van der Waals surface area contributed by atoms with Gasteiger partial charge < -0.3 is 0 Å². The number of hydrogen-bond acceptors (Lipinski definition) is 0. The van der Waals surface area contributed by atoms with Crippen molar-refractivity contribution in [3.8, 4) is 12.3 Å². The van der Waals surface area contributed by atoms with E-state index in [9.17, 15) is 0 Å². The van der Waals surface area contributed by atoms with Crippen molar-refractivity contribution in [1.82, 2.24) is 0 Å². The molecule has 0 radical (unpaired) electrons. The number of unbranched alkanes of at least 4 members (excludes halogenated alkanes) is 4. The Morgan fingerprint density at radius 1 is 0.733 bits per heavy atom. The van der Waals surface area contributed by atoms with E-state index in [2.05, 4.69) is 75.2 Å². The highest BCUT2D eigenvalue weighted by Crippen LogP contribution is 2.42. The van der Waals surface area contributed by atoms with Gasteiger partial charge in [-0.25, -0.2) is 0 Å². The number of hydrogen-bond donors (Lipinski definition) is 0. The SMILES string of the molecule is C#Cc1ccc2ccc3cc(C(CC)(CC)CCCCCCC)cc4ccc1c2c34. The summed E-state index contributed by atoms with van der Waals surface area (Å²) in [6, 6.07) is 18.3. The first kappa shape index (κ1) is 20.7. The first-order valence-corrected chi connectivity index (χ1v) is 11.9. The molecule has 0 heterocycles. The van der Waals surface area contributed by atoms with Gasteiger partial charge in [-0.2, -0.15) is 0 Å². The van der Waals surface area contributed by atoms with Gasteiger partial charge in [-0.3, -0.25) is 0 Å². The van der Waals surface area contributed by atoms with Crippen LogP contribution in [0.25, 0.3) is 32.3 Å². The van der Waals surface area contributed by atoms with Crippen LogP contribution in [0.4, 0.5) is 0 Å². The minimum Gasteiger partial charge on any atom is -0.115 e. The van der Waals surface area contributed by atoms with E-state index in [1.54, 1.807) is 0 Å². The van der Waals surface area contributed by atoms with Crippen LogP contribution >= 0.6 is 0 Å². The summed E-state index contributed by atoms with van der Waals surface area (Å²) in [6.07, 6.45) is 16.2. The van der Waals surface area contributed by atoms with Crippen molar-refractivity contribution in [1.29, 1.82) is 0 Å². The van der Waals surface area contributed by atoms with E-state index in [0.29, 0.717) is 0 Å². The maximum Gasteiger partial charge on any atom is 0.0321 e. The molecular weight excluding hydrogens is 360 g/mol. The fourth-order valence-corrected chi connectivity index (χ4v) is 5.47.